The molecule has 0 atom stereocenters. The van der Waals surface area contributed by atoms with Crippen molar-refractivity contribution in [3.8, 4) is 11.3 Å². The molecule has 0 amide bonds. The molecule has 0 bridgehead atoms. The topological polar surface area (TPSA) is 3.88 Å². The Hall–Kier alpha value is -2.15. The quantitative estimate of drug-likeness (QED) is 0.399. The van der Waals surface area contributed by atoms with Gasteiger partial charge < -0.3 is 0 Å². The number of fused-ring (bicyclic) bond motifs is 1. The number of aryl methyl sites for hydroxylation is 2. The van der Waals surface area contributed by atoms with Crippen molar-refractivity contribution in [2.75, 3.05) is 0 Å². The maximum absolute atomic E-state index is 2.50. The summed E-state index contributed by atoms with van der Waals surface area (Å²) in [5, 5.41) is 2.74. The number of pyridine rings is 1. The predicted molar refractivity (Wildman–Crippen MR) is 125 cm³/mol. The van der Waals surface area contributed by atoms with E-state index in [1.807, 2.05) is 0 Å². The van der Waals surface area contributed by atoms with Crippen molar-refractivity contribution >= 4 is 10.8 Å². The van der Waals surface area contributed by atoms with Gasteiger partial charge in [0.25, 0.3) is 0 Å². The zero-order valence-electron chi connectivity index (χ0n) is 18.9. The molecular weight excluding hydrogens is 350 g/mol. The van der Waals surface area contributed by atoms with Gasteiger partial charge in [-0.2, -0.15) is 0 Å². The number of rotatable bonds is 5. The highest BCUT2D eigenvalue weighted by Gasteiger charge is 2.23. The van der Waals surface area contributed by atoms with Crippen molar-refractivity contribution in [1.82, 2.24) is 0 Å². The van der Waals surface area contributed by atoms with Crippen LogP contribution in [0.4, 0.5) is 0 Å². The number of hydrogen-bond donors (Lipinski definition) is 0. The summed E-state index contributed by atoms with van der Waals surface area (Å²) in [5.41, 5.74) is 8.64. The molecule has 0 aliphatic heterocycles. The molecule has 1 aliphatic rings. The van der Waals surface area contributed by atoms with Crippen molar-refractivity contribution in [3.05, 3.63) is 64.8 Å². The van der Waals surface area contributed by atoms with E-state index >= 15 is 0 Å². The Kier molecular flexibility index (Phi) is 5.76. The minimum absolute atomic E-state index is 0.659. The van der Waals surface area contributed by atoms with Crippen LogP contribution in [0.3, 0.4) is 0 Å². The maximum Gasteiger partial charge on any atom is 0.220 e. The molecule has 1 aliphatic carbocycles. The first kappa shape index (κ1) is 20.1. The Morgan fingerprint density at radius 2 is 1.69 bits per heavy atom. The highest BCUT2D eigenvalue weighted by atomic mass is 14.9. The van der Waals surface area contributed by atoms with Crippen LogP contribution in [0, 0.1) is 13.8 Å². The first-order chi connectivity index (χ1) is 14.0. The Bertz CT molecular complexity index is 1020. The predicted octanol–water partition coefficient (Wildman–Crippen LogP) is 7.51. The number of nitrogens with zero attached hydrogens (tertiary/aromatic N) is 1. The molecule has 0 unspecified atom stereocenters. The lowest BCUT2D eigenvalue weighted by Crippen LogP contribution is -2.31. The van der Waals surface area contributed by atoms with E-state index in [1.54, 1.807) is 5.56 Å². The molecule has 4 rings (SSSR count). The zero-order chi connectivity index (χ0) is 20.5. The fourth-order valence-electron chi connectivity index (χ4n) is 5.37. The van der Waals surface area contributed by atoms with E-state index in [4.69, 9.17) is 0 Å². The van der Waals surface area contributed by atoms with Crippen LogP contribution in [0.15, 0.2) is 42.6 Å². The van der Waals surface area contributed by atoms with Crippen LogP contribution in [0.2, 0.25) is 0 Å². The highest BCUT2D eigenvalue weighted by molar-refractivity contribution is 5.94. The summed E-state index contributed by atoms with van der Waals surface area (Å²) in [6, 6.07) is 14.4. The minimum atomic E-state index is 0.659. The Balaban J connectivity index is 1.90. The SMILES string of the molecule is CCC(CC)c1ccc2c(-c3cc(C4CCCC4)cc(C)c3C)[n+](C)ccc2c1. The van der Waals surface area contributed by atoms with Gasteiger partial charge in [0.1, 0.15) is 7.05 Å². The van der Waals surface area contributed by atoms with Crippen LogP contribution in [-0.4, -0.2) is 0 Å². The number of benzene rings is 2. The van der Waals surface area contributed by atoms with Crippen molar-refractivity contribution in [3.63, 3.8) is 0 Å². The van der Waals surface area contributed by atoms with Crippen LogP contribution in [0.1, 0.15) is 86.5 Å². The fourth-order valence-corrected chi connectivity index (χ4v) is 5.37. The average molecular weight is 387 g/mol. The van der Waals surface area contributed by atoms with Crippen LogP contribution in [0.5, 0.6) is 0 Å². The Labute approximate surface area is 176 Å². The number of aromatic nitrogens is 1. The summed E-state index contributed by atoms with van der Waals surface area (Å²) in [4.78, 5) is 0. The molecule has 1 heteroatoms. The van der Waals surface area contributed by atoms with Gasteiger partial charge in [-0.3, -0.25) is 0 Å². The van der Waals surface area contributed by atoms with Gasteiger partial charge in [-0.1, -0.05) is 44.9 Å². The van der Waals surface area contributed by atoms with Gasteiger partial charge in [0.15, 0.2) is 6.20 Å². The molecule has 0 spiro atoms. The molecule has 29 heavy (non-hydrogen) atoms. The van der Waals surface area contributed by atoms with Gasteiger partial charge >= 0.3 is 0 Å². The molecule has 1 nitrogen and oxygen atoms in total. The second kappa shape index (κ2) is 8.30. The first-order valence-electron chi connectivity index (χ1n) is 11.6. The van der Waals surface area contributed by atoms with E-state index in [9.17, 15) is 0 Å². The van der Waals surface area contributed by atoms with E-state index in [2.05, 4.69) is 81.9 Å². The molecule has 0 saturated heterocycles. The van der Waals surface area contributed by atoms with Gasteiger partial charge in [-0.15, -0.1) is 0 Å². The molecule has 0 N–H and O–H groups in total. The van der Waals surface area contributed by atoms with Crippen molar-refractivity contribution in [2.24, 2.45) is 7.05 Å². The third-order valence-corrected chi connectivity index (χ3v) is 7.39. The van der Waals surface area contributed by atoms with E-state index in [-0.39, 0.29) is 0 Å². The van der Waals surface area contributed by atoms with Crippen molar-refractivity contribution in [2.45, 2.75) is 78.1 Å². The van der Waals surface area contributed by atoms with Crippen molar-refractivity contribution in [1.29, 1.82) is 0 Å². The molecule has 0 radical (unpaired) electrons. The molecular formula is C28H36N+. The fraction of sp³-hybridized carbons (Fsp3) is 0.464. The van der Waals surface area contributed by atoms with E-state index in [1.165, 1.54) is 77.2 Å². The van der Waals surface area contributed by atoms with Gasteiger partial charge in [-0.25, -0.2) is 4.57 Å². The highest BCUT2D eigenvalue weighted by Crippen LogP contribution is 2.39. The third kappa shape index (κ3) is 3.72. The summed E-state index contributed by atoms with van der Waals surface area (Å²) in [6.45, 7) is 9.18. The van der Waals surface area contributed by atoms with Crippen molar-refractivity contribution < 1.29 is 4.57 Å². The van der Waals surface area contributed by atoms with Gasteiger partial charge in [0, 0.05) is 6.07 Å². The summed E-state index contributed by atoms with van der Waals surface area (Å²) in [7, 11) is 2.20. The van der Waals surface area contributed by atoms with E-state index in [0.29, 0.717) is 5.92 Å². The molecule has 1 aromatic heterocycles. The summed E-state index contributed by atoms with van der Waals surface area (Å²) in [6.07, 6.45) is 10.1. The smallest absolute Gasteiger partial charge is 0.200 e. The van der Waals surface area contributed by atoms with Gasteiger partial charge in [-0.05, 0) is 91.1 Å². The largest absolute Gasteiger partial charge is 0.220 e. The lowest BCUT2D eigenvalue weighted by atomic mass is 9.88. The first-order valence-corrected chi connectivity index (χ1v) is 11.6. The average Bonchev–Trinajstić information content (AvgIpc) is 3.26. The molecule has 1 heterocycles. The summed E-state index contributed by atoms with van der Waals surface area (Å²) in [5.74, 6) is 1.40. The normalized spacial score (nSPS) is 15.0. The lowest BCUT2D eigenvalue weighted by Gasteiger charge is -2.17. The van der Waals surface area contributed by atoms with Gasteiger partial charge in [0.05, 0.1) is 10.9 Å². The molecule has 1 fully saturated rings. The number of hydrogen-bond acceptors (Lipinski definition) is 0. The molecule has 152 valence electrons. The summed E-state index contributed by atoms with van der Waals surface area (Å²) < 4.78 is 2.32. The van der Waals surface area contributed by atoms with Crippen LogP contribution in [-0.2, 0) is 7.05 Å². The molecule has 1 saturated carbocycles. The summed E-state index contributed by atoms with van der Waals surface area (Å²) >= 11 is 0. The second-order valence-corrected chi connectivity index (χ2v) is 9.13. The van der Waals surface area contributed by atoms with E-state index in [0.717, 1.165) is 5.92 Å². The van der Waals surface area contributed by atoms with Gasteiger partial charge in [0.2, 0.25) is 5.69 Å². The Morgan fingerprint density at radius 3 is 2.38 bits per heavy atom. The minimum Gasteiger partial charge on any atom is -0.200 e. The maximum atomic E-state index is 2.50. The lowest BCUT2D eigenvalue weighted by molar-refractivity contribution is -0.659. The van der Waals surface area contributed by atoms with Crippen LogP contribution >= 0.6 is 0 Å². The second-order valence-electron chi connectivity index (χ2n) is 9.13. The van der Waals surface area contributed by atoms with E-state index < -0.39 is 0 Å². The monoisotopic (exact) mass is 386 g/mol. The standard InChI is InChI=1S/C28H36N/c1-6-21(7-2)23-12-13-26-24(17-23)14-15-29(5)28(26)27-18-25(16-19(3)20(27)4)22-10-8-9-11-22/h12-18,21-22H,6-11H2,1-5H3/q+1. The van der Waals surface area contributed by atoms with Crippen LogP contribution < -0.4 is 4.57 Å². The third-order valence-electron chi connectivity index (χ3n) is 7.39. The molecule has 2 aromatic carbocycles. The molecule has 3 aromatic rings. The zero-order valence-corrected chi connectivity index (χ0v) is 18.9. The van der Waals surface area contributed by atoms with Crippen LogP contribution in [0.25, 0.3) is 22.0 Å². The Morgan fingerprint density at radius 1 is 0.966 bits per heavy atom.